The smallest absolute Gasteiger partial charge is 0.331 e. The van der Waals surface area contributed by atoms with E-state index in [1.807, 2.05) is 24.3 Å². The summed E-state index contributed by atoms with van der Waals surface area (Å²) in [6.45, 7) is 1.22. The second-order valence-electron chi connectivity index (χ2n) is 5.87. The van der Waals surface area contributed by atoms with Gasteiger partial charge in [-0.25, -0.2) is 0 Å². The molecular formula is C19H18BrF3N2O2. The molecule has 144 valence electrons. The van der Waals surface area contributed by atoms with Crippen LogP contribution in [-0.4, -0.2) is 29.4 Å². The van der Waals surface area contributed by atoms with Crippen molar-refractivity contribution in [2.45, 2.75) is 26.1 Å². The maximum Gasteiger partial charge on any atom is 0.471 e. The summed E-state index contributed by atoms with van der Waals surface area (Å²) in [4.78, 5) is 24.3. The first-order chi connectivity index (χ1) is 12.7. The van der Waals surface area contributed by atoms with Crippen LogP contribution >= 0.6 is 15.9 Å². The van der Waals surface area contributed by atoms with Crippen molar-refractivity contribution < 1.29 is 22.8 Å². The van der Waals surface area contributed by atoms with Crippen molar-refractivity contribution in [3.8, 4) is 0 Å². The molecule has 27 heavy (non-hydrogen) atoms. The number of benzene rings is 2. The number of nitrogens with one attached hydrogen (secondary N) is 1. The summed E-state index contributed by atoms with van der Waals surface area (Å²) in [6.07, 6.45) is -4.74. The van der Waals surface area contributed by atoms with E-state index in [0.717, 1.165) is 10.0 Å². The van der Waals surface area contributed by atoms with Gasteiger partial charge < -0.3 is 10.2 Å². The molecule has 0 bridgehead atoms. The van der Waals surface area contributed by atoms with E-state index in [1.165, 1.54) is 6.92 Å². The number of hydrogen-bond acceptors (Lipinski definition) is 2. The Hall–Kier alpha value is -2.35. The summed E-state index contributed by atoms with van der Waals surface area (Å²) >= 11 is 3.32. The van der Waals surface area contributed by atoms with Crippen molar-refractivity contribution in [1.82, 2.24) is 4.90 Å². The summed E-state index contributed by atoms with van der Waals surface area (Å²) in [5, 5.41) is 2.72. The van der Waals surface area contributed by atoms with E-state index in [0.29, 0.717) is 16.2 Å². The van der Waals surface area contributed by atoms with Gasteiger partial charge in [0.2, 0.25) is 5.91 Å². The molecule has 8 heteroatoms. The lowest BCUT2D eigenvalue weighted by Gasteiger charge is -2.22. The minimum Gasteiger partial charge on any atom is -0.331 e. The van der Waals surface area contributed by atoms with Gasteiger partial charge in [0, 0.05) is 23.2 Å². The lowest BCUT2D eigenvalue weighted by molar-refractivity contribution is -0.185. The van der Waals surface area contributed by atoms with Gasteiger partial charge in [-0.15, -0.1) is 0 Å². The first-order valence-corrected chi connectivity index (χ1v) is 8.97. The summed E-state index contributed by atoms with van der Waals surface area (Å²) in [6, 6.07) is 13.7. The molecule has 2 rings (SSSR count). The fourth-order valence-corrected chi connectivity index (χ4v) is 2.73. The van der Waals surface area contributed by atoms with Gasteiger partial charge in [0.05, 0.1) is 6.42 Å². The topological polar surface area (TPSA) is 49.4 Å². The van der Waals surface area contributed by atoms with E-state index in [1.54, 1.807) is 24.3 Å². The highest BCUT2D eigenvalue weighted by atomic mass is 79.9. The number of anilines is 1. The van der Waals surface area contributed by atoms with Gasteiger partial charge in [0.1, 0.15) is 0 Å². The first kappa shape index (κ1) is 21.0. The highest BCUT2D eigenvalue weighted by molar-refractivity contribution is 9.10. The number of alkyl halides is 3. The Balaban J connectivity index is 2.02. The van der Waals surface area contributed by atoms with Gasteiger partial charge in [0.15, 0.2) is 0 Å². The number of hydrogen-bond donors (Lipinski definition) is 1. The molecule has 2 amide bonds. The van der Waals surface area contributed by atoms with Crippen LogP contribution in [-0.2, 0) is 22.6 Å². The monoisotopic (exact) mass is 442 g/mol. The molecule has 0 spiro atoms. The number of carbonyl (C=O) groups excluding carboxylic acids is 2. The molecule has 0 atom stereocenters. The molecule has 0 radical (unpaired) electrons. The van der Waals surface area contributed by atoms with Crippen molar-refractivity contribution in [1.29, 1.82) is 0 Å². The molecule has 1 N–H and O–H groups in total. The van der Waals surface area contributed by atoms with Gasteiger partial charge >= 0.3 is 12.1 Å². The second-order valence-corrected chi connectivity index (χ2v) is 6.78. The zero-order valence-corrected chi connectivity index (χ0v) is 16.1. The fraction of sp³-hybridized carbons (Fsp3) is 0.263. The van der Waals surface area contributed by atoms with Gasteiger partial charge in [-0.3, -0.25) is 9.59 Å². The van der Waals surface area contributed by atoms with Crippen LogP contribution in [0.15, 0.2) is 53.0 Å². The van der Waals surface area contributed by atoms with E-state index in [9.17, 15) is 22.8 Å². The molecule has 0 unspecified atom stereocenters. The Bertz CT molecular complexity index is 807. The van der Waals surface area contributed by atoms with Crippen LogP contribution in [0.4, 0.5) is 18.9 Å². The predicted octanol–water partition coefficient (Wildman–Crippen LogP) is 4.54. The van der Waals surface area contributed by atoms with Crippen LogP contribution in [0.3, 0.4) is 0 Å². The lowest BCUT2D eigenvalue weighted by Crippen LogP contribution is -2.40. The quantitative estimate of drug-likeness (QED) is 0.713. The zero-order valence-electron chi connectivity index (χ0n) is 14.5. The third-order valence-electron chi connectivity index (χ3n) is 3.77. The Morgan fingerprint density at radius 3 is 2.33 bits per heavy atom. The van der Waals surface area contributed by atoms with E-state index in [2.05, 4.69) is 21.2 Å². The van der Waals surface area contributed by atoms with E-state index < -0.39 is 12.1 Å². The molecule has 0 aromatic heterocycles. The summed E-state index contributed by atoms with van der Waals surface area (Å²) in [5.41, 5.74) is 1.79. The summed E-state index contributed by atoms with van der Waals surface area (Å²) < 4.78 is 38.8. The molecule has 0 aliphatic carbocycles. The highest BCUT2D eigenvalue weighted by Gasteiger charge is 2.41. The summed E-state index contributed by atoms with van der Waals surface area (Å²) in [7, 11) is 0. The van der Waals surface area contributed by atoms with E-state index in [4.69, 9.17) is 0 Å². The molecule has 4 nitrogen and oxygen atoms in total. The fourth-order valence-electron chi connectivity index (χ4n) is 2.47. The molecule has 2 aromatic rings. The number of halogens is 4. The van der Waals surface area contributed by atoms with Crippen LogP contribution in [0, 0.1) is 0 Å². The van der Waals surface area contributed by atoms with E-state index in [-0.39, 0.29) is 25.4 Å². The Morgan fingerprint density at radius 1 is 1.07 bits per heavy atom. The van der Waals surface area contributed by atoms with Crippen LogP contribution in [0.5, 0.6) is 0 Å². The molecule has 0 fully saturated rings. The standard InChI is InChI=1S/C19H18BrF3N2O2/c1-2-25(18(27)19(21,22)23)12-14-4-3-5-16(10-14)24-17(26)11-13-6-8-15(20)9-7-13/h3-10H,2,11-12H2,1H3,(H,24,26). The van der Waals surface area contributed by atoms with Gasteiger partial charge in [-0.1, -0.05) is 40.2 Å². The molecule has 2 aromatic carbocycles. The second kappa shape index (κ2) is 9.03. The average molecular weight is 443 g/mol. The van der Waals surface area contributed by atoms with Gasteiger partial charge in [-0.05, 0) is 42.3 Å². The SMILES string of the molecule is CCN(Cc1cccc(NC(=O)Cc2ccc(Br)cc2)c1)C(=O)C(F)(F)F. The third-order valence-corrected chi connectivity index (χ3v) is 4.30. The average Bonchev–Trinajstić information content (AvgIpc) is 2.60. The van der Waals surface area contributed by atoms with Crippen LogP contribution in [0.25, 0.3) is 0 Å². The third kappa shape index (κ3) is 6.39. The Labute approximate surface area is 163 Å². The summed E-state index contributed by atoms with van der Waals surface area (Å²) in [5.74, 6) is -2.12. The van der Waals surface area contributed by atoms with Crippen molar-refractivity contribution in [3.05, 3.63) is 64.1 Å². The van der Waals surface area contributed by atoms with Crippen molar-refractivity contribution in [3.63, 3.8) is 0 Å². The van der Waals surface area contributed by atoms with Crippen molar-refractivity contribution in [2.75, 3.05) is 11.9 Å². The van der Waals surface area contributed by atoms with Crippen LogP contribution in [0.2, 0.25) is 0 Å². The molecule has 0 aliphatic rings. The maximum absolute atomic E-state index is 12.6. The Kier molecular flexibility index (Phi) is 7.01. The number of rotatable bonds is 6. The zero-order chi connectivity index (χ0) is 20.0. The highest BCUT2D eigenvalue weighted by Crippen LogP contribution is 2.21. The molecule has 0 heterocycles. The lowest BCUT2D eigenvalue weighted by atomic mass is 10.1. The van der Waals surface area contributed by atoms with E-state index >= 15 is 0 Å². The number of nitrogens with zero attached hydrogens (tertiary/aromatic N) is 1. The minimum absolute atomic E-state index is 0.0709. The molecular weight excluding hydrogens is 425 g/mol. The predicted molar refractivity (Wildman–Crippen MR) is 100 cm³/mol. The van der Waals surface area contributed by atoms with Crippen LogP contribution in [0.1, 0.15) is 18.1 Å². The van der Waals surface area contributed by atoms with Crippen molar-refractivity contribution >= 4 is 33.4 Å². The number of amides is 2. The Morgan fingerprint density at radius 2 is 1.74 bits per heavy atom. The number of carbonyl (C=O) groups is 2. The van der Waals surface area contributed by atoms with Crippen molar-refractivity contribution in [2.24, 2.45) is 0 Å². The van der Waals surface area contributed by atoms with Crippen LogP contribution < -0.4 is 5.32 Å². The largest absolute Gasteiger partial charge is 0.471 e. The van der Waals surface area contributed by atoms with Gasteiger partial charge in [-0.2, -0.15) is 13.2 Å². The minimum atomic E-state index is -4.91. The molecule has 0 aliphatic heterocycles. The first-order valence-electron chi connectivity index (χ1n) is 8.18. The molecule has 0 saturated carbocycles. The van der Waals surface area contributed by atoms with Gasteiger partial charge in [0.25, 0.3) is 0 Å². The molecule has 0 saturated heterocycles. The maximum atomic E-state index is 12.6. The normalized spacial score (nSPS) is 11.1.